The molecule has 108 valence electrons. The number of rotatable bonds is 3. The van der Waals surface area contributed by atoms with E-state index in [-0.39, 0.29) is 29.8 Å². The van der Waals surface area contributed by atoms with Crippen LogP contribution in [0.5, 0.6) is 0 Å². The number of nitrogens with zero attached hydrogens (tertiary/aromatic N) is 1. The van der Waals surface area contributed by atoms with Crippen LogP contribution >= 0.6 is 0 Å². The van der Waals surface area contributed by atoms with E-state index < -0.39 is 9.84 Å². The number of sulfone groups is 1. The van der Waals surface area contributed by atoms with Crippen molar-refractivity contribution in [2.75, 3.05) is 11.5 Å². The van der Waals surface area contributed by atoms with Gasteiger partial charge in [0.2, 0.25) is 5.91 Å². The molecule has 1 N–H and O–H groups in total. The maximum absolute atomic E-state index is 11.7. The van der Waals surface area contributed by atoms with Crippen molar-refractivity contribution in [2.45, 2.75) is 45.4 Å². The van der Waals surface area contributed by atoms with Crippen LogP contribution < -0.4 is 5.43 Å². The lowest BCUT2D eigenvalue weighted by molar-refractivity contribution is -0.121. The number of nitrogens with one attached hydrogen (secondary N) is 1. The van der Waals surface area contributed by atoms with Gasteiger partial charge >= 0.3 is 0 Å². The predicted octanol–water partition coefficient (Wildman–Crippen LogP) is 1.49. The Morgan fingerprint density at radius 3 is 2.79 bits per heavy atom. The predicted molar refractivity (Wildman–Crippen MR) is 74.6 cm³/mol. The van der Waals surface area contributed by atoms with Crippen LogP contribution in [0.3, 0.4) is 0 Å². The summed E-state index contributed by atoms with van der Waals surface area (Å²) in [6.45, 7) is 2.13. The van der Waals surface area contributed by atoms with Gasteiger partial charge in [-0.25, -0.2) is 13.8 Å². The highest BCUT2D eigenvalue weighted by molar-refractivity contribution is 7.91. The third-order valence-corrected chi connectivity index (χ3v) is 5.85. The minimum Gasteiger partial charge on any atom is -0.273 e. The molecule has 0 unspecified atom stereocenters. The van der Waals surface area contributed by atoms with Crippen LogP contribution in [0.15, 0.2) is 5.10 Å². The Morgan fingerprint density at radius 1 is 1.37 bits per heavy atom. The minimum absolute atomic E-state index is 0.0334. The molecule has 2 aliphatic rings. The molecular weight excluding hydrogens is 264 g/mol. The second kappa shape index (κ2) is 6.03. The fourth-order valence-electron chi connectivity index (χ4n) is 2.81. The van der Waals surface area contributed by atoms with E-state index in [9.17, 15) is 13.2 Å². The maximum Gasteiger partial charge on any atom is 0.240 e. The highest BCUT2D eigenvalue weighted by Crippen LogP contribution is 2.22. The van der Waals surface area contributed by atoms with Gasteiger partial charge in [0.15, 0.2) is 9.84 Å². The average molecular weight is 286 g/mol. The number of carbonyl (C=O) groups is 1. The summed E-state index contributed by atoms with van der Waals surface area (Å²) in [5.74, 6) is 0.617. The lowest BCUT2D eigenvalue weighted by Crippen LogP contribution is -2.26. The van der Waals surface area contributed by atoms with Crippen molar-refractivity contribution >= 4 is 21.5 Å². The summed E-state index contributed by atoms with van der Waals surface area (Å²) in [5.41, 5.74) is 3.66. The molecule has 1 aliphatic heterocycles. The fourth-order valence-corrected chi connectivity index (χ4v) is 4.67. The fraction of sp³-hybridized carbons (Fsp3) is 0.846. The Morgan fingerprint density at radius 2 is 2.16 bits per heavy atom. The highest BCUT2D eigenvalue weighted by atomic mass is 32.2. The van der Waals surface area contributed by atoms with Gasteiger partial charge in [-0.1, -0.05) is 13.3 Å². The van der Waals surface area contributed by atoms with Crippen molar-refractivity contribution in [3.8, 4) is 0 Å². The van der Waals surface area contributed by atoms with Crippen LogP contribution in [-0.2, 0) is 14.6 Å². The lowest BCUT2D eigenvalue weighted by atomic mass is 9.89. The zero-order valence-corrected chi connectivity index (χ0v) is 12.2. The first-order valence-electron chi connectivity index (χ1n) is 7.02. The van der Waals surface area contributed by atoms with Crippen molar-refractivity contribution in [3.05, 3.63) is 0 Å². The summed E-state index contributed by atoms with van der Waals surface area (Å²) < 4.78 is 22.6. The normalized spacial score (nSPS) is 32.4. The third kappa shape index (κ3) is 4.30. The Balaban J connectivity index is 1.80. The molecule has 0 aromatic carbocycles. The van der Waals surface area contributed by atoms with Gasteiger partial charge in [-0.2, -0.15) is 5.10 Å². The molecule has 0 radical (unpaired) electrons. The Bertz CT molecular complexity index is 470. The smallest absolute Gasteiger partial charge is 0.240 e. The molecule has 0 bridgehead atoms. The first kappa shape index (κ1) is 14.5. The van der Waals surface area contributed by atoms with Crippen molar-refractivity contribution in [1.82, 2.24) is 5.43 Å². The van der Waals surface area contributed by atoms with Crippen LogP contribution in [0.2, 0.25) is 0 Å². The largest absolute Gasteiger partial charge is 0.273 e. The average Bonchev–Trinajstić information content (AvgIpc) is 2.67. The summed E-state index contributed by atoms with van der Waals surface area (Å²) in [7, 11) is -2.90. The Kier molecular flexibility index (Phi) is 4.60. The van der Waals surface area contributed by atoms with Crippen molar-refractivity contribution < 1.29 is 13.2 Å². The van der Waals surface area contributed by atoms with Gasteiger partial charge in [0.1, 0.15) is 0 Å². The first-order valence-corrected chi connectivity index (χ1v) is 8.84. The number of hydrogen-bond acceptors (Lipinski definition) is 4. The van der Waals surface area contributed by atoms with E-state index in [0.717, 1.165) is 25.0 Å². The zero-order valence-electron chi connectivity index (χ0n) is 11.4. The monoisotopic (exact) mass is 286 g/mol. The number of hydrazone groups is 1. The topological polar surface area (TPSA) is 75.6 Å². The molecular formula is C13H22N2O3S. The second-order valence-corrected chi connectivity index (χ2v) is 7.99. The van der Waals surface area contributed by atoms with Gasteiger partial charge in [-0.05, 0) is 37.5 Å². The van der Waals surface area contributed by atoms with E-state index in [4.69, 9.17) is 0 Å². The van der Waals surface area contributed by atoms with E-state index >= 15 is 0 Å². The Hall–Kier alpha value is -0.910. The van der Waals surface area contributed by atoms with E-state index in [1.165, 1.54) is 6.42 Å². The molecule has 5 nitrogen and oxygen atoms in total. The first-order chi connectivity index (χ1) is 8.96. The van der Waals surface area contributed by atoms with E-state index in [0.29, 0.717) is 12.3 Å². The number of carbonyl (C=O) groups excluding carboxylic acids is 1. The van der Waals surface area contributed by atoms with Crippen LogP contribution in [0.25, 0.3) is 0 Å². The van der Waals surface area contributed by atoms with Crippen LogP contribution in [0.4, 0.5) is 0 Å². The van der Waals surface area contributed by atoms with Gasteiger partial charge in [0, 0.05) is 12.1 Å². The molecule has 0 aromatic heterocycles. The van der Waals surface area contributed by atoms with E-state index in [2.05, 4.69) is 17.5 Å². The SMILES string of the molecule is C[C@@H]1CCCC/C1=N/NC(=O)C[C@H]1CCS(=O)(=O)C1. The number of amides is 1. The molecule has 6 heteroatoms. The van der Waals surface area contributed by atoms with Gasteiger partial charge in [0.05, 0.1) is 11.5 Å². The Labute approximate surface area is 114 Å². The number of hydrogen-bond donors (Lipinski definition) is 1. The lowest BCUT2D eigenvalue weighted by Gasteiger charge is -2.19. The summed E-state index contributed by atoms with van der Waals surface area (Å²) in [6, 6.07) is 0. The standard InChI is InChI=1S/C13H22N2O3S/c1-10-4-2-3-5-12(10)14-15-13(16)8-11-6-7-19(17,18)9-11/h10-11H,2-9H2,1H3,(H,15,16)/b14-12-/t10-,11-/m1/s1. The molecule has 2 rings (SSSR count). The molecule has 0 aromatic rings. The molecule has 1 saturated heterocycles. The van der Waals surface area contributed by atoms with Crippen molar-refractivity contribution in [1.29, 1.82) is 0 Å². The second-order valence-electron chi connectivity index (χ2n) is 5.76. The molecule has 1 saturated carbocycles. The van der Waals surface area contributed by atoms with Crippen LogP contribution in [-0.4, -0.2) is 31.5 Å². The molecule has 2 fully saturated rings. The molecule has 1 amide bonds. The van der Waals surface area contributed by atoms with Crippen LogP contribution in [0, 0.1) is 11.8 Å². The van der Waals surface area contributed by atoms with Crippen molar-refractivity contribution in [2.24, 2.45) is 16.9 Å². The molecule has 1 heterocycles. The van der Waals surface area contributed by atoms with Gasteiger partial charge in [-0.15, -0.1) is 0 Å². The van der Waals surface area contributed by atoms with Gasteiger partial charge < -0.3 is 0 Å². The van der Waals surface area contributed by atoms with Gasteiger partial charge in [-0.3, -0.25) is 4.79 Å². The maximum atomic E-state index is 11.7. The van der Waals surface area contributed by atoms with E-state index in [1.54, 1.807) is 0 Å². The summed E-state index contributed by atoms with van der Waals surface area (Å²) in [5, 5.41) is 4.21. The van der Waals surface area contributed by atoms with E-state index in [1.807, 2.05) is 0 Å². The third-order valence-electron chi connectivity index (χ3n) is 4.01. The van der Waals surface area contributed by atoms with Gasteiger partial charge in [0.25, 0.3) is 0 Å². The minimum atomic E-state index is -2.90. The molecule has 2 atom stereocenters. The summed E-state index contributed by atoms with van der Waals surface area (Å²) in [6.07, 6.45) is 5.33. The molecule has 19 heavy (non-hydrogen) atoms. The quantitative estimate of drug-likeness (QED) is 0.799. The molecule has 1 aliphatic carbocycles. The van der Waals surface area contributed by atoms with Crippen LogP contribution in [0.1, 0.15) is 45.4 Å². The summed E-state index contributed by atoms with van der Waals surface area (Å²) in [4.78, 5) is 11.7. The highest BCUT2D eigenvalue weighted by Gasteiger charge is 2.29. The summed E-state index contributed by atoms with van der Waals surface area (Å²) >= 11 is 0. The van der Waals surface area contributed by atoms with Crippen molar-refractivity contribution in [3.63, 3.8) is 0 Å². The molecule has 0 spiro atoms. The zero-order chi connectivity index (χ0) is 13.9.